The van der Waals surface area contributed by atoms with E-state index in [9.17, 15) is 14.0 Å². The van der Waals surface area contributed by atoms with E-state index in [4.69, 9.17) is 10.2 Å². The molecule has 0 unspecified atom stereocenters. The Labute approximate surface area is 78.6 Å². The van der Waals surface area contributed by atoms with Crippen molar-refractivity contribution in [1.29, 1.82) is 0 Å². The van der Waals surface area contributed by atoms with Crippen LogP contribution in [0.2, 0.25) is 0 Å². The molecule has 0 saturated heterocycles. The molecule has 0 atom stereocenters. The number of hydrogen-bond acceptors (Lipinski definition) is 2. The monoisotopic (exact) mass is 198 g/mol. The number of carboxylic acids is 2. The van der Waals surface area contributed by atoms with E-state index >= 15 is 0 Å². The zero-order valence-electron chi connectivity index (χ0n) is 7.03. The van der Waals surface area contributed by atoms with E-state index < -0.39 is 18.6 Å². The van der Waals surface area contributed by atoms with Crippen molar-refractivity contribution in [3.05, 3.63) is 34.9 Å². The summed E-state index contributed by atoms with van der Waals surface area (Å²) in [6.07, 6.45) is 0. The summed E-state index contributed by atoms with van der Waals surface area (Å²) in [6.45, 7) is -1.11. The van der Waals surface area contributed by atoms with E-state index in [0.717, 1.165) is 0 Å². The fourth-order valence-electron chi connectivity index (χ4n) is 1.13. The van der Waals surface area contributed by atoms with Gasteiger partial charge in [0.25, 0.3) is 0 Å². The van der Waals surface area contributed by atoms with Crippen molar-refractivity contribution < 1.29 is 24.2 Å². The molecule has 0 radical (unpaired) electrons. The van der Waals surface area contributed by atoms with E-state index in [2.05, 4.69) is 0 Å². The minimum absolute atomic E-state index is 0.299. The van der Waals surface area contributed by atoms with Gasteiger partial charge in [-0.25, -0.2) is 14.0 Å². The molecule has 2 N–H and O–H groups in total. The van der Waals surface area contributed by atoms with Crippen molar-refractivity contribution >= 4 is 11.9 Å². The van der Waals surface area contributed by atoms with Crippen LogP contribution in [0.1, 0.15) is 26.3 Å². The smallest absolute Gasteiger partial charge is 0.336 e. The average Bonchev–Trinajstić information content (AvgIpc) is 2.16. The van der Waals surface area contributed by atoms with Crippen LogP contribution in [0.3, 0.4) is 0 Å². The zero-order chi connectivity index (χ0) is 10.7. The summed E-state index contributed by atoms with van der Waals surface area (Å²) >= 11 is 0. The highest BCUT2D eigenvalue weighted by atomic mass is 19.1. The molecule has 0 aliphatic heterocycles. The number of carboxylic acid groups (broad SMARTS) is 2. The number of alkyl halides is 1. The maximum absolute atomic E-state index is 12.4. The van der Waals surface area contributed by atoms with E-state index in [1.807, 2.05) is 0 Å². The summed E-state index contributed by atoms with van der Waals surface area (Å²) in [5.74, 6) is -2.67. The second kappa shape index (κ2) is 3.87. The molecule has 0 aliphatic carbocycles. The normalized spacial score (nSPS) is 9.79. The first-order valence-electron chi connectivity index (χ1n) is 3.72. The van der Waals surface area contributed by atoms with Crippen molar-refractivity contribution in [2.75, 3.05) is 0 Å². The van der Waals surface area contributed by atoms with Crippen LogP contribution in [0.15, 0.2) is 18.2 Å². The summed E-state index contributed by atoms with van der Waals surface area (Å²) in [6, 6.07) is 3.61. The molecule has 0 amide bonds. The lowest BCUT2D eigenvalue weighted by atomic mass is 10.0. The van der Waals surface area contributed by atoms with Crippen LogP contribution in [0.25, 0.3) is 0 Å². The molecule has 1 aromatic carbocycles. The molecule has 1 aromatic rings. The minimum Gasteiger partial charge on any atom is -0.478 e. The number of aromatic carboxylic acids is 2. The molecule has 0 fully saturated rings. The number of rotatable bonds is 3. The van der Waals surface area contributed by atoms with Crippen molar-refractivity contribution in [3.63, 3.8) is 0 Å². The minimum atomic E-state index is -1.33. The Bertz CT molecular complexity index is 354. The zero-order valence-corrected chi connectivity index (χ0v) is 7.03. The van der Waals surface area contributed by atoms with E-state index in [1.54, 1.807) is 0 Å². The van der Waals surface area contributed by atoms with E-state index in [0.29, 0.717) is 0 Å². The molecule has 0 bridgehead atoms. The standard InChI is InChI=1S/C9H7FO4/c10-4-7-5(8(11)12)2-1-3-6(7)9(13)14/h1-3H,4H2,(H,11,12)(H,13,14). The first kappa shape index (κ1) is 10.2. The van der Waals surface area contributed by atoms with Gasteiger partial charge in [-0.1, -0.05) is 6.07 Å². The van der Waals surface area contributed by atoms with Crippen LogP contribution in [0.4, 0.5) is 4.39 Å². The molecule has 4 nitrogen and oxygen atoms in total. The van der Waals surface area contributed by atoms with Crippen LogP contribution in [0.5, 0.6) is 0 Å². The number of benzene rings is 1. The van der Waals surface area contributed by atoms with Crippen molar-refractivity contribution in [1.82, 2.24) is 0 Å². The van der Waals surface area contributed by atoms with Gasteiger partial charge in [-0.3, -0.25) is 0 Å². The van der Waals surface area contributed by atoms with Crippen LogP contribution in [-0.2, 0) is 6.67 Å². The van der Waals surface area contributed by atoms with Gasteiger partial charge >= 0.3 is 11.9 Å². The average molecular weight is 198 g/mol. The Morgan fingerprint density at radius 1 is 1.14 bits per heavy atom. The summed E-state index contributed by atoms with van der Waals surface area (Å²) in [4.78, 5) is 21.2. The fourth-order valence-corrected chi connectivity index (χ4v) is 1.13. The highest BCUT2D eigenvalue weighted by Gasteiger charge is 2.17. The molecule has 5 heteroatoms. The Hall–Kier alpha value is -1.91. The van der Waals surface area contributed by atoms with Crippen molar-refractivity contribution in [2.24, 2.45) is 0 Å². The maximum Gasteiger partial charge on any atom is 0.336 e. The van der Waals surface area contributed by atoms with Gasteiger partial charge in [-0.2, -0.15) is 0 Å². The number of hydrogen-bond donors (Lipinski definition) is 2. The van der Waals surface area contributed by atoms with Gasteiger partial charge in [0.15, 0.2) is 0 Å². The first-order valence-corrected chi connectivity index (χ1v) is 3.72. The van der Waals surface area contributed by atoms with Crippen LogP contribution in [-0.4, -0.2) is 22.2 Å². The van der Waals surface area contributed by atoms with Gasteiger partial charge < -0.3 is 10.2 Å². The van der Waals surface area contributed by atoms with Gasteiger partial charge in [-0.15, -0.1) is 0 Å². The third kappa shape index (κ3) is 1.71. The Morgan fingerprint density at radius 3 is 1.86 bits per heavy atom. The molecule has 0 saturated carbocycles. The summed E-state index contributed by atoms with van der Waals surface area (Å²) in [5, 5.41) is 17.3. The van der Waals surface area contributed by atoms with Gasteiger partial charge in [0.1, 0.15) is 6.67 Å². The molecular formula is C9H7FO4. The Morgan fingerprint density at radius 2 is 1.57 bits per heavy atom. The molecule has 0 aromatic heterocycles. The molecule has 0 spiro atoms. The van der Waals surface area contributed by atoms with E-state index in [-0.39, 0.29) is 16.7 Å². The fraction of sp³-hybridized carbons (Fsp3) is 0.111. The summed E-state index contributed by atoms with van der Waals surface area (Å²) < 4.78 is 12.4. The van der Waals surface area contributed by atoms with Gasteiger partial charge in [0.05, 0.1) is 11.1 Å². The second-order valence-corrected chi connectivity index (χ2v) is 2.58. The highest BCUT2D eigenvalue weighted by Crippen LogP contribution is 2.16. The quantitative estimate of drug-likeness (QED) is 0.772. The topological polar surface area (TPSA) is 74.6 Å². The number of carbonyl (C=O) groups is 2. The van der Waals surface area contributed by atoms with Crippen molar-refractivity contribution in [2.45, 2.75) is 6.67 Å². The maximum atomic E-state index is 12.4. The lowest BCUT2D eigenvalue weighted by Crippen LogP contribution is -2.08. The second-order valence-electron chi connectivity index (χ2n) is 2.58. The SMILES string of the molecule is O=C(O)c1cccc(C(=O)O)c1CF. The third-order valence-corrected chi connectivity index (χ3v) is 1.77. The molecule has 74 valence electrons. The largest absolute Gasteiger partial charge is 0.478 e. The Balaban J connectivity index is 3.39. The lowest BCUT2D eigenvalue weighted by molar-refractivity contribution is 0.0693. The lowest BCUT2D eigenvalue weighted by Gasteiger charge is -2.04. The van der Waals surface area contributed by atoms with Crippen LogP contribution < -0.4 is 0 Å². The van der Waals surface area contributed by atoms with Gasteiger partial charge in [0.2, 0.25) is 0 Å². The summed E-state index contributed by atoms with van der Waals surface area (Å²) in [5.41, 5.74) is -0.924. The molecule has 14 heavy (non-hydrogen) atoms. The van der Waals surface area contributed by atoms with Crippen LogP contribution >= 0.6 is 0 Å². The van der Waals surface area contributed by atoms with Gasteiger partial charge in [-0.05, 0) is 12.1 Å². The predicted molar refractivity (Wildman–Crippen MR) is 45.2 cm³/mol. The molecule has 0 aliphatic rings. The van der Waals surface area contributed by atoms with E-state index in [1.165, 1.54) is 18.2 Å². The third-order valence-electron chi connectivity index (χ3n) is 1.77. The molecule has 0 heterocycles. The van der Waals surface area contributed by atoms with Crippen LogP contribution in [0, 0.1) is 0 Å². The van der Waals surface area contributed by atoms with Crippen molar-refractivity contribution in [3.8, 4) is 0 Å². The predicted octanol–water partition coefficient (Wildman–Crippen LogP) is 1.55. The Kier molecular flexibility index (Phi) is 2.81. The van der Waals surface area contributed by atoms with Gasteiger partial charge in [0, 0.05) is 5.56 Å². The number of halogens is 1. The molecule has 1 rings (SSSR count). The highest BCUT2D eigenvalue weighted by molar-refractivity contribution is 5.96. The molecular weight excluding hydrogens is 191 g/mol. The summed E-state index contributed by atoms with van der Waals surface area (Å²) in [7, 11) is 0. The first-order chi connectivity index (χ1) is 6.57.